The summed E-state index contributed by atoms with van der Waals surface area (Å²) in [4.78, 5) is 0. The fourth-order valence-corrected chi connectivity index (χ4v) is 3.50. The van der Waals surface area contributed by atoms with E-state index in [1.54, 1.807) is 0 Å². The molecule has 26 heavy (non-hydrogen) atoms. The van der Waals surface area contributed by atoms with Gasteiger partial charge in [0, 0.05) is 5.39 Å². The van der Waals surface area contributed by atoms with Gasteiger partial charge in [-0.3, -0.25) is 0 Å². The van der Waals surface area contributed by atoms with Crippen molar-refractivity contribution in [2.75, 3.05) is 5.88 Å². The van der Waals surface area contributed by atoms with E-state index in [9.17, 15) is 0 Å². The maximum absolute atomic E-state index is 6.32. The Bertz CT molecular complexity index is 996. The molecule has 1 nitrogen and oxygen atoms in total. The van der Waals surface area contributed by atoms with Gasteiger partial charge < -0.3 is 4.74 Å². The summed E-state index contributed by atoms with van der Waals surface area (Å²) in [6.45, 7) is 0. The van der Waals surface area contributed by atoms with Crippen molar-refractivity contribution >= 4 is 22.4 Å². The lowest BCUT2D eigenvalue weighted by Gasteiger charge is -2.19. The lowest BCUT2D eigenvalue weighted by atomic mass is 9.98. The maximum atomic E-state index is 6.32. The molecular formula is C24H19ClO. The van der Waals surface area contributed by atoms with Crippen molar-refractivity contribution in [1.29, 1.82) is 0 Å². The summed E-state index contributed by atoms with van der Waals surface area (Å²) in [5.74, 6) is 1.26. The lowest BCUT2D eigenvalue weighted by Crippen LogP contribution is -2.09. The molecule has 0 fully saturated rings. The zero-order valence-corrected chi connectivity index (χ0v) is 15.1. The number of benzene rings is 4. The smallest absolute Gasteiger partial charge is 0.137 e. The van der Waals surface area contributed by atoms with Crippen molar-refractivity contribution in [3.63, 3.8) is 0 Å². The van der Waals surface area contributed by atoms with Gasteiger partial charge in [0.05, 0.1) is 5.88 Å². The Hall–Kier alpha value is -2.77. The highest BCUT2D eigenvalue weighted by atomic mass is 35.5. The molecule has 4 rings (SSSR count). The fourth-order valence-electron chi connectivity index (χ4n) is 3.26. The van der Waals surface area contributed by atoms with E-state index in [2.05, 4.69) is 48.5 Å². The lowest BCUT2D eigenvalue weighted by molar-refractivity contribution is 0.233. The first-order valence-electron chi connectivity index (χ1n) is 8.71. The Labute approximate surface area is 158 Å². The maximum Gasteiger partial charge on any atom is 0.137 e. The van der Waals surface area contributed by atoms with Crippen molar-refractivity contribution in [1.82, 2.24) is 0 Å². The van der Waals surface area contributed by atoms with Crippen LogP contribution in [0.4, 0.5) is 0 Å². The summed E-state index contributed by atoms with van der Waals surface area (Å²) in [5.41, 5.74) is 3.49. The van der Waals surface area contributed by atoms with E-state index in [1.807, 2.05) is 48.5 Å². The summed E-state index contributed by atoms with van der Waals surface area (Å²) in [5, 5.41) is 2.28. The van der Waals surface area contributed by atoms with Gasteiger partial charge >= 0.3 is 0 Å². The number of halogens is 1. The molecule has 0 heterocycles. The molecule has 0 saturated carbocycles. The summed E-state index contributed by atoms with van der Waals surface area (Å²) in [6.07, 6.45) is -0.177. The molecule has 0 bridgehead atoms. The number of ether oxygens (including phenoxy) is 1. The predicted molar refractivity (Wildman–Crippen MR) is 110 cm³/mol. The molecule has 128 valence electrons. The Morgan fingerprint density at radius 3 is 2.04 bits per heavy atom. The normalized spacial score (nSPS) is 12.0. The van der Waals surface area contributed by atoms with Crippen LogP contribution in [0.1, 0.15) is 11.7 Å². The molecule has 4 aromatic carbocycles. The minimum Gasteiger partial charge on any atom is -0.484 e. The van der Waals surface area contributed by atoms with Gasteiger partial charge in [-0.25, -0.2) is 0 Å². The standard InChI is InChI=1S/C24H19ClO/c25-17-24(19-11-5-2-6-12-19)26-23-16-8-14-21-20(13-7-15-22(21)23)18-9-3-1-4-10-18/h1-16,24H,17H2. The summed E-state index contributed by atoms with van der Waals surface area (Å²) in [7, 11) is 0. The zero-order chi connectivity index (χ0) is 17.8. The van der Waals surface area contributed by atoms with Gasteiger partial charge in [-0.15, -0.1) is 11.6 Å². The summed E-state index contributed by atoms with van der Waals surface area (Å²) in [6, 6.07) is 33.1. The molecule has 0 aromatic heterocycles. The monoisotopic (exact) mass is 358 g/mol. The Morgan fingerprint density at radius 1 is 0.654 bits per heavy atom. The number of hydrogen-bond acceptors (Lipinski definition) is 1. The minimum absolute atomic E-state index is 0.177. The highest BCUT2D eigenvalue weighted by molar-refractivity contribution is 6.18. The third-order valence-corrected chi connectivity index (χ3v) is 4.83. The molecule has 0 amide bonds. The van der Waals surface area contributed by atoms with Crippen LogP contribution < -0.4 is 4.74 Å². The Kier molecular flexibility index (Phi) is 4.90. The molecule has 0 aliphatic carbocycles. The van der Waals surface area contributed by atoms with Crippen molar-refractivity contribution in [2.45, 2.75) is 6.10 Å². The van der Waals surface area contributed by atoms with Crippen molar-refractivity contribution in [3.05, 3.63) is 103 Å². The van der Waals surface area contributed by atoms with Crippen LogP contribution in [-0.2, 0) is 0 Å². The van der Waals surface area contributed by atoms with Gasteiger partial charge in [-0.2, -0.15) is 0 Å². The highest BCUT2D eigenvalue weighted by Crippen LogP contribution is 2.35. The molecule has 0 radical (unpaired) electrons. The van der Waals surface area contributed by atoms with E-state index >= 15 is 0 Å². The molecule has 0 N–H and O–H groups in total. The summed E-state index contributed by atoms with van der Waals surface area (Å²) < 4.78 is 6.32. The van der Waals surface area contributed by atoms with Crippen LogP contribution in [0, 0.1) is 0 Å². The van der Waals surface area contributed by atoms with Crippen LogP contribution in [0.2, 0.25) is 0 Å². The molecular weight excluding hydrogens is 340 g/mol. The highest BCUT2D eigenvalue weighted by Gasteiger charge is 2.14. The SMILES string of the molecule is ClCC(Oc1cccc2c(-c3ccccc3)cccc12)c1ccccc1. The van der Waals surface area contributed by atoms with Gasteiger partial charge in [0.25, 0.3) is 0 Å². The van der Waals surface area contributed by atoms with Crippen LogP contribution in [0.25, 0.3) is 21.9 Å². The van der Waals surface area contributed by atoms with Gasteiger partial charge in [-0.05, 0) is 28.1 Å². The van der Waals surface area contributed by atoms with Crippen LogP contribution in [-0.4, -0.2) is 5.88 Å². The average molecular weight is 359 g/mol. The first-order chi connectivity index (χ1) is 12.9. The van der Waals surface area contributed by atoms with Crippen molar-refractivity contribution in [2.24, 2.45) is 0 Å². The third-order valence-electron chi connectivity index (χ3n) is 4.55. The van der Waals surface area contributed by atoms with E-state index in [0.29, 0.717) is 5.88 Å². The summed E-state index contributed by atoms with van der Waals surface area (Å²) >= 11 is 6.21. The molecule has 0 saturated heterocycles. The Morgan fingerprint density at radius 2 is 1.31 bits per heavy atom. The van der Waals surface area contributed by atoms with Gasteiger partial charge in [-0.1, -0.05) is 91.0 Å². The second-order valence-electron chi connectivity index (χ2n) is 6.19. The van der Waals surface area contributed by atoms with E-state index in [4.69, 9.17) is 16.3 Å². The van der Waals surface area contributed by atoms with Gasteiger partial charge in [0.2, 0.25) is 0 Å². The van der Waals surface area contributed by atoms with E-state index in [0.717, 1.165) is 16.7 Å². The number of hydrogen-bond donors (Lipinski definition) is 0. The predicted octanol–water partition coefficient (Wildman–Crippen LogP) is 6.87. The van der Waals surface area contributed by atoms with E-state index in [1.165, 1.54) is 16.5 Å². The molecule has 4 aromatic rings. The molecule has 0 aliphatic heterocycles. The second-order valence-corrected chi connectivity index (χ2v) is 6.50. The number of fused-ring (bicyclic) bond motifs is 1. The molecule has 0 spiro atoms. The van der Waals surface area contributed by atoms with E-state index < -0.39 is 0 Å². The van der Waals surface area contributed by atoms with Crippen LogP contribution in [0.15, 0.2) is 97.1 Å². The van der Waals surface area contributed by atoms with Crippen LogP contribution in [0.3, 0.4) is 0 Å². The first-order valence-corrected chi connectivity index (χ1v) is 9.25. The zero-order valence-electron chi connectivity index (χ0n) is 14.3. The van der Waals surface area contributed by atoms with Crippen molar-refractivity contribution in [3.8, 4) is 16.9 Å². The number of rotatable bonds is 5. The van der Waals surface area contributed by atoms with Crippen LogP contribution >= 0.6 is 11.6 Å². The van der Waals surface area contributed by atoms with Gasteiger partial charge in [0.1, 0.15) is 11.9 Å². The van der Waals surface area contributed by atoms with Crippen LogP contribution in [0.5, 0.6) is 5.75 Å². The van der Waals surface area contributed by atoms with Gasteiger partial charge in [0.15, 0.2) is 0 Å². The topological polar surface area (TPSA) is 9.23 Å². The number of alkyl halides is 1. The molecule has 1 atom stereocenters. The molecule has 2 heteroatoms. The Balaban J connectivity index is 1.77. The first kappa shape index (κ1) is 16.7. The molecule has 0 aliphatic rings. The molecule has 1 unspecified atom stereocenters. The van der Waals surface area contributed by atoms with Crippen molar-refractivity contribution < 1.29 is 4.74 Å². The fraction of sp³-hybridized carbons (Fsp3) is 0.0833. The largest absolute Gasteiger partial charge is 0.484 e. The van der Waals surface area contributed by atoms with E-state index in [-0.39, 0.29) is 6.10 Å². The second kappa shape index (κ2) is 7.63. The average Bonchev–Trinajstić information content (AvgIpc) is 2.73. The third kappa shape index (κ3) is 3.31. The quantitative estimate of drug-likeness (QED) is 0.354. The minimum atomic E-state index is -0.177.